The molecule has 4 aromatic rings. The van der Waals surface area contributed by atoms with Crippen molar-refractivity contribution >= 4 is 16.8 Å². The normalized spacial score (nSPS) is 11.2. The highest BCUT2D eigenvalue weighted by Crippen LogP contribution is 2.30. The van der Waals surface area contributed by atoms with Crippen LogP contribution in [0.3, 0.4) is 0 Å². The van der Waals surface area contributed by atoms with Gasteiger partial charge in [0.15, 0.2) is 0 Å². The summed E-state index contributed by atoms with van der Waals surface area (Å²) in [7, 11) is 0. The van der Waals surface area contributed by atoms with E-state index in [1.165, 1.54) is 0 Å². The molecular weight excluding hydrogens is 258 g/mol. The Morgan fingerprint density at radius 2 is 2.05 bits per heavy atom. The highest BCUT2D eigenvalue weighted by Gasteiger charge is 2.17. The quantitative estimate of drug-likeness (QED) is 0.577. The van der Waals surface area contributed by atoms with Crippen molar-refractivity contribution in [2.24, 2.45) is 0 Å². The van der Waals surface area contributed by atoms with Crippen molar-refractivity contribution in [1.29, 1.82) is 0 Å². The molecule has 0 radical (unpaired) electrons. The molecule has 3 heterocycles. The minimum absolute atomic E-state index is 0.316. The van der Waals surface area contributed by atoms with Crippen molar-refractivity contribution < 1.29 is 8.94 Å². The molecule has 0 aliphatic carbocycles. The first-order valence-corrected chi connectivity index (χ1v) is 5.92. The summed E-state index contributed by atoms with van der Waals surface area (Å²) in [5, 5.41) is 11.3. The van der Waals surface area contributed by atoms with Crippen molar-refractivity contribution in [2.45, 2.75) is 0 Å². The van der Waals surface area contributed by atoms with E-state index in [0.29, 0.717) is 23.1 Å². The maximum Gasteiger partial charge on any atom is 0.263 e. The molecule has 0 bridgehead atoms. The highest BCUT2D eigenvalue weighted by atomic mass is 16.5. The molecular formula is C13H9N5O2. The second kappa shape index (κ2) is 3.95. The van der Waals surface area contributed by atoms with Crippen molar-refractivity contribution in [2.75, 3.05) is 5.73 Å². The number of fused-ring (bicyclic) bond motifs is 1. The minimum Gasteiger partial charge on any atom is -0.464 e. The fourth-order valence-corrected chi connectivity index (χ4v) is 2.06. The van der Waals surface area contributed by atoms with Crippen LogP contribution in [0.4, 0.5) is 5.82 Å². The third-order valence-electron chi connectivity index (χ3n) is 3.05. The fraction of sp³-hybridized carbons (Fsp3) is 0. The number of nitrogens with one attached hydrogen (secondary N) is 1. The van der Waals surface area contributed by atoms with E-state index in [2.05, 4.69) is 20.3 Å². The van der Waals surface area contributed by atoms with Gasteiger partial charge in [-0.2, -0.15) is 10.1 Å². The molecule has 0 atom stereocenters. The monoisotopic (exact) mass is 267 g/mol. The van der Waals surface area contributed by atoms with Gasteiger partial charge in [-0.25, -0.2) is 0 Å². The SMILES string of the molecule is Nc1[nH]ncc1-c1nc(-c2coc3ccccc23)no1. The molecule has 0 unspecified atom stereocenters. The van der Waals surface area contributed by atoms with Crippen molar-refractivity contribution in [3.63, 3.8) is 0 Å². The van der Waals surface area contributed by atoms with E-state index in [1.54, 1.807) is 12.5 Å². The fourth-order valence-electron chi connectivity index (χ4n) is 2.06. The molecule has 3 N–H and O–H groups in total. The number of aromatic amines is 1. The van der Waals surface area contributed by atoms with Crippen LogP contribution in [-0.4, -0.2) is 20.3 Å². The van der Waals surface area contributed by atoms with E-state index >= 15 is 0 Å². The van der Waals surface area contributed by atoms with Crippen LogP contribution in [0, 0.1) is 0 Å². The van der Waals surface area contributed by atoms with E-state index in [0.717, 1.165) is 16.5 Å². The van der Waals surface area contributed by atoms with Crippen LogP contribution in [0.15, 0.2) is 45.7 Å². The number of nitrogen functional groups attached to an aromatic ring is 1. The van der Waals surface area contributed by atoms with Crippen LogP contribution in [0.1, 0.15) is 0 Å². The first-order chi connectivity index (χ1) is 9.83. The number of rotatable bonds is 2. The van der Waals surface area contributed by atoms with Gasteiger partial charge in [0.1, 0.15) is 23.2 Å². The number of H-pyrrole nitrogens is 1. The first-order valence-electron chi connectivity index (χ1n) is 5.92. The summed E-state index contributed by atoms with van der Waals surface area (Å²) >= 11 is 0. The Balaban J connectivity index is 1.84. The zero-order chi connectivity index (χ0) is 13.5. The molecule has 0 saturated carbocycles. The van der Waals surface area contributed by atoms with E-state index in [9.17, 15) is 0 Å². The zero-order valence-corrected chi connectivity index (χ0v) is 10.2. The summed E-state index contributed by atoms with van der Waals surface area (Å²) < 4.78 is 10.7. The minimum atomic E-state index is 0.316. The average molecular weight is 267 g/mol. The van der Waals surface area contributed by atoms with Crippen molar-refractivity contribution in [1.82, 2.24) is 20.3 Å². The van der Waals surface area contributed by atoms with Crippen LogP contribution in [0.2, 0.25) is 0 Å². The van der Waals surface area contributed by atoms with E-state index in [-0.39, 0.29) is 0 Å². The Bertz CT molecular complexity index is 889. The van der Waals surface area contributed by atoms with E-state index in [4.69, 9.17) is 14.7 Å². The first kappa shape index (κ1) is 10.8. The second-order valence-corrected chi connectivity index (χ2v) is 4.27. The van der Waals surface area contributed by atoms with Crippen LogP contribution in [0.25, 0.3) is 33.8 Å². The topological polar surface area (TPSA) is 107 Å². The Morgan fingerprint density at radius 1 is 1.15 bits per heavy atom. The molecule has 0 saturated heterocycles. The Kier molecular flexibility index (Phi) is 2.13. The van der Waals surface area contributed by atoms with Crippen LogP contribution in [-0.2, 0) is 0 Å². The number of furan rings is 1. The number of hydrogen-bond donors (Lipinski definition) is 2. The van der Waals surface area contributed by atoms with E-state index < -0.39 is 0 Å². The smallest absolute Gasteiger partial charge is 0.263 e. The zero-order valence-electron chi connectivity index (χ0n) is 10.2. The van der Waals surface area contributed by atoms with Gasteiger partial charge in [0.05, 0.1) is 11.8 Å². The lowest BCUT2D eigenvalue weighted by molar-refractivity contribution is 0.432. The third kappa shape index (κ3) is 1.50. The number of anilines is 1. The molecule has 7 nitrogen and oxygen atoms in total. The molecule has 0 aliphatic rings. The number of benzene rings is 1. The number of nitrogens with two attached hydrogens (primary N) is 1. The van der Waals surface area contributed by atoms with Crippen LogP contribution >= 0.6 is 0 Å². The summed E-state index contributed by atoms with van der Waals surface area (Å²) in [6.07, 6.45) is 3.15. The Morgan fingerprint density at radius 3 is 2.90 bits per heavy atom. The van der Waals surface area contributed by atoms with Gasteiger partial charge in [0.25, 0.3) is 5.89 Å². The number of para-hydroxylation sites is 1. The van der Waals surface area contributed by atoms with Crippen LogP contribution < -0.4 is 5.73 Å². The lowest BCUT2D eigenvalue weighted by Gasteiger charge is -1.89. The standard InChI is InChI=1S/C13H9N5O2/c14-11-8(5-15-17-11)13-16-12(18-20-13)9-6-19-10-4-2-1-3-7(9)10/h1-6H,(H3,14,15,17). The van der Waals surface area contributed by atoms with Crippen LogP contribution in [0.5, 0.6) is 0 Å². The molecule has 0 fully saturated rings. The number of hydrogen-bond acceptors (Lipinski definition) is 6. The molecule has 98 valence electrons. The van der Waals surface area contributed by atoms with Gasteiger partial charge in [-0.1, -0.05) is 23.4 Å². The summed E-state index contributed by atoms with van der Waals surface area (Å²) in [6, 6.07) is 7.66. The molecule has 0 amide bonds. The predicted molar refractivity (Wildman–Crippen MR) is 71.5 cm³/mol. The number of nitrogens with zero attached hydrogens (tertiary/aromatic N) is 3. The van der Waals surface area contributed by atoms with Crippen molar-refractivity contribution in [3.05, 3.63) is 36.7 Å². The van der Waals surface area contributed by atoms with Gasteiger partial charge < -0.3 is 14.7 Å². The largest absolute Gasteiger partial charge is 0.464 e. The van der Waals surface area contributed by atoms with Gasteiger partial charge in [-0.3, -0.25) is 5.10 Å². The van der Waals surface area contributed by atoms with E-state index in [1.807, 2.05) is 24.3 Å². The number of aromatic nitrogens is 4. The van der Waals surface area contributed by atoms with Gasteiger partial charge in [0.2, 0.25) is 5.82 Å². The molecule has 3 aromatic heterocycles. The van der Waals surface area contributed by atoms with Gasteiger partial charge in [-0.15, -0.1) is 0 Å². The molecule has 0 aliphatic heterocycles. The maximum absolute atomic E-state index is 5.73. The Hall–Kier alpha value is -3.09. The summed E-state index contributed by atoms with van der Waals surface area (Å²) in [5.74, 6) is 1.15. The predicted octanol–water partition coefficient (Wildman–Crippen LogP) is 2.46. The summed E-state index contributed by atoms with van der Waals surface area (Å²) in [4.78, 5) is 4.33. The summed E-state index contributed by atoms with van der Waals surface area (Å²) in [5.41, 5.74) is 7.86. The molecule has 1 aromatic carbocycles. The van der Waals surface area contributed by atoms with Crippen molar-refractivity contribution in [3.8, 4) is 22.8 Å². The highest BCUT2D eigenvalue weighted by molar-refractivity contribution is 5.92. The lowest BCUT2D eigenvalue weighted by atomic mass is 10.2. The second-order valence-electron chi connectivity index (χ2n) is 4.27. The molecule has 4 rings (SSSR count). The van der Waals surface area contributed by atoms with Gasteiger partial charge >= 0.3 is 0 Å². The molecule has 7 heteroatoms. The molecule has 0 spiro atoms. The van der Waals surface area contributed by atoms with Gasteiger partial charge in [0, 0.05) is 5.39 Å². The Labute approximate surface area is 112 Å². The lowest BCUT2D eigenvalue weighted by Crippen LogP contribution is -1.87. The van der Waals surface area contributed by atoms with Gasteiger partial charge in [-0.05, 0) is 6.07 Å². The average Bonchev–Trinajstić information content (AvgIpc) is 3.15. The molecule has 20 heavy (non-hydrogen) atoms. The third-order valence-corrected chi connectivity index (χ3v) is 3.05. The maximum atomic E-state index is 5.73. The summed E-state index contributed by atoms with van der Waals surface area (Å²) in [6.45, 7) is 0.